The molecule has 0 saturated carbocycles. The predicted octanol–water partition coefficient (Wildman–Crippen LogP) is 1.47. The summed E-state index contributed by atoms with van der Waals surface area (Å²) < 4.78 is 5.66. The molecule has 1 aromatic rings. The fraction of sp³-hybridized carbons (Fsp3) is 0.500. The van der Waals surface area contributed by atoms with E-state index in [1.165, 1.54) is 0 Å². The highest BCUT2D eigenvalue weighted by Gasteiger charge is 2.27. The topological polar surface area (TPSA) is 61.9 Å². The molecular formula is C16H21N3O3. The third-order valence-corrected chi connectivity index (χ3v) is 3.99. The van der Waals surface area contributed by atoms with Crippen LogP contribution in [0.5, 0.6) is 0 Å². The van der Waals surface area contributed by atoms with Crippen LogP contribution in [0.15, 0.2) is 24.3 Å². The van der Waals surface area contributed by atoms with E-state index >= 15 is 0 Å². The van der Waals surface area contributed by atoms with Gasteiger partial charge in [-0.2, -0.15) is 0 Å². The van der Waals surface area contributed by atoms with Gasteiger partial charge in [0.05, 0.1) is 12.2 Å². The molecule has 0 radical (unpaired) electrons. The quantitative estimate of drug-likeness (QED) is 0.900. The first-order valence-electron chi connectivity index (χ1n) is 7.65. The Balaban J connectivity index is 1.72. The number of benzene rings is 1. The lowest BCUT2D eigenvalue weighted by molar-refractivity contribution is -0.0586. The van der Waals surface area contributed by atoms with Gasteiger partial charge in [0.15, 0.2) is 0 Å². The largest absolute Gasteiger partial charge is 0.372 e. The zero-order chi connectivity index (χ0) is 15.7. The van der Waals surface area contributed by atoms with Gasteiger partial charge < -0.3 is 15.0 Å². The molecule has 22 heavy (non-hydrogen) atoms. The van der Waals surface area contributed by atoms with Gasteiger partial charge in [0.2, 0.25) is 0 Å². The predicted molar refractivity (Wildman–Crippen MR) is 83.1 cm³/mol. The summed E-state index contributed by atoms with van der Waals surface area (Å²) >= 11 is 0. The third kappa shape index (κ3) is 2.92. The molecule has 6 nitrogen and oxygen atoms in total. The summed E-state index contributed by atoms with van der Waals surface area (Å²) in [6.07, 6.45) is 0.112. The highest BCUT2D eigenvalue weighted by atomic mass is 16.5. The van der Waals surface area contributed by atoms with Gasteiger partial charge in [-0.3, -0.25) is 9.69 Å². The molecule has 6 heteroatoms. The van der Waals surface area contributed by atoms with Crippen LogP contribution in [-0.2, 0) is 4.74 Å². The van der Waals surface area contributed by atoms with Crippen molar-refractivity contribution in [1.82, 2.24) is 10.2 Å². The second-order valence-electron chi connectivity index (χ2n) is 5.90. The van der Waals surface area contributed by atoms with Gasteiger partial charge in [0.25, 0.3) is 5.91 Å². The van der Waals surface area contributed by atoms with Crippen molar-refractivity contribution in [3.8, 4) is 0 Å². The molecule has 0 aliphatic carbocycles. The Morgan fingerprint density at radius 2 is 1.82 bits per heavy atom. The number of hydrogen-bond acceptors (Lipinski definition) is 3. The number of nitrogens with zero attached hydrogens (tertiary/aromatic N) is 2. The maximum absolute atomic E-state index is 12.6. The van der Waals surface area contributed by atoms with Crippen molar-refractivity contribution in [2.75, 3.05) is 31.1 Å². The Bertz CT molecular complexity index is 563. The lowest BCUT2D eigenvalue weighted by Gasteiger charge is -2.35. The number of amides is 3. The number of nitrogens with one attached hydrogen (secondary N) is 1. The zero-order valence-corrected chi connectivity index (χ0v) is 12.9. The summed E-state index contributed by atoms with van der Waals surface area (Å²) in [5.74, 6) is 0.0134. The molecule has 2 aliphatic rings. The molecule has 0 unspecified atom stereocenters. The first kappa shape index (κ1) is 14.8. The summed E-state index contributed by atoms with van der Waals surface area (Å²) in [5.41, 5.74) is 1.46. The second kappa shape index (κ2) is 5.96. The Labute approximate surface area is 130 Å². The van der Waals surface area contributed by atoms with E-state index in [1.54, 1.807) is 17.0 Å². The van der Waals surface area contributed by atoms with E-state index in [9.17, 15) is 9.59 Å². The molecule has 1 aromatic carbocycles. The summed E-state index contributed by atoms with van der Waals surface area (Å²) in [4.78, 5) is 27.7. The Morgan fingerprint density at radius 1 is 1.18 bits per heavy atom. The van der Waals surface area contributed by atoms with Crippen molar-refractivity contribution in [2.24, 2.45) is 0 Å². The molecule has 3 amide bonds. The van der Waals surface area contributed by atoms with Crippen molar-refractivity contribution in [3.05, 3.63) is 29.8 Å². The van der Waals surface area contributed by atoms with Crippen molar-refractivity contribution >= 4 is 17.6 Å². The third-order valence-electron chi connectivity index (χ3n) is 3.99. The summed E-state index contributed by atoms with van der Waals surface area (Å²) in [6.45, 7) is 6.49. The minimum atomic E-state index is -0.0881. The van der Waals surface area contributed by atoms with Gasteiger partial charge >= 0.3 is 6.03 Å². The minimum Gasteiger partial charge on any atom is -0.372 e. The molecule has 2 fully saturated rings. The number of carbonyl (C=O) groups excluding carboxylic acids is 2. The lowest BCUT2D eigenvalue weighted by Crippen LogP contribution is -2.48. The molecule has 0 spiro atoms. The number of morpholine rings is 1. The first-order valence-corrected chi connectivity index (χ1v) is 7.65. The van der Waals surface area contributed by atoms with Crippen molar-refractivity contribution in [2.45, 2.75) is 26.1 Å². The van der Waals surface area contributed by atoms with Gasteiger partial charge in [-0.15, -0.1) is 0 Å². The fourth-order valence-corrected chi connectivity index (χ4v) is 3.03. The number of rotatable bonds is 2. The molecule has 0 aromatic heterocycles. The van der Waals surface area contributed by atoms with Crippen LogP contribution < -0.4 is 10.2 Å². The molecular weight excluding hydrogens is 282 g/mol. The molecule has 118 valence electrons. The maximum atomic E-state index is 12.6. The van der Waals surface area contributed by atoms with E-state index in [-0.39, 0.29) is 24.1 Å². The number of ether oxygens (including phenoxy) is 1. The Hall–Kier alpha value is -2.08. The van der Waals surface area contributed by atoms with Crippen LogP contribution in [0.2, 0.25) is 0 Å². The van der Waals surface area contributed by atoms with Gasteiger partial charge in [-0.25, -0.2) is 4.79 Å². The summed E-state index contributed by atoms with van der Waals surface area (Å²) in [5, 5.41) is 2.76. The van der Waals surface area contributed by atoms with E-state index in [4.69, 9.17) is 4.74 Å². The average Bonchev–Trinajstić information content (AvgIpc) is 2.92. The van der Waals surface area contributed by atoms with Crippen LogP contribution in [0.4, 0.5) is 10.5 Å². The first-order chi connectivity index (χ1) is 10.5. The zero-order valence-electron chi connectivity index (χ0n) is 12.9. The maximum Gasteiger partial charge on any atom is 0.321 e. The second-order valence-corrected chi connectivity index (χ2v) is 5.90. The standard InChI is InChI=1S/C16H21N3O3/c1-11-9-18(10-12(2)22-11)15(20)13-3-5-14(6-4-13)19-8-7-17-16(19)21/h3-6,11-12H,7-10H2,1-2H3,(H,17,21)/t11-,12-/m0/s1. The molecule has 2 atom stereocenters. The molecule has 0 bridgehead atoms. The number of urea groups is 1. The van der Waals surface area contributed by atoms with Crippen LogP contribution in [-0.4, -0.2) is 55.2 Å². The fourth-order valence-electron chi connectivity index (χ4n) is 3.03. The SMILES string of the molecule is C[C@H]1CN(C(=O)c2ccc(N3CCNC3=O)cc2)C[C@H](C)O1. The van der Waals surface area contributed by atoms with Gasteiger partial charge in [0, 0.05) is 37.4 Å². The Kier molecular flexibility index (Phi) is 4.02. The molecule has 2 heterocycles. The number of anilines is 1. The van der Waals surface area contributed by atoms with E-state index in [1.807, 2.05) is 30.9 Å². The normalized spacial score (nSPS) is 25.3. The van der Waals surface area contributed by atoms with Crippen LogP contribution in [0.3, 0.4) is 0 Å². The van der Waals surface area contributed by atoms with E-state index in [0.717, 1.165) is 5.69 Å². The van der Waals surface area contributed by atoms with E-state index < -0.39 is 0 Å². The summed E-state index contributed by atoms with van der Waals surface area (Å²) in [6, 6.07) is 7.13. The van der Waals surface area contributed by atoms with Crippen molar-refractivity contribution < 1.29 is 14.3 Å². The highest BCUT2D eigenvalue weighted by Crippen LogP contribution is 2.19. The Morgan fingerprint density at radius 3 is 2.36 bits per heavy atom. The van der Waals surface area contributed by atoms with Gasteiger partial charge in [-0.05, 0) is 38.1 Å². The van der Waals surface area contributed by atoms with E-state index in [2.05, 4.69) is 5.32 Å². The molecule has 2 aliphatic heterocycles. The molecule has 1 N–H and O–H groups in total. The van der Waals surface area contributed by atoms with Crippen LogP contribution in [0.25, 0.3) is 0 Å². The highest BCUT2D eigenvalue weighted by molar-refractivity contribution is 5.97. The monoisotopic (exact) mass is 303 g/mol. The van der Waals surface area contributed by atoms with Crippen LogP contribution in [0.1, 0.15) is 24.2 Å². The van der Waals surface area contributed by atoms with Gasteiger partial charge in [-0.1, -0.05) is 0 Å². The average molecular weight is 303 g/mol. The molecule has 2 saturated heterocycles. The van der Waals surface area contributed by atoms with E-state index in [0.29, 0.717) is 31.7 Å². The number of hydrogen-bond donors (Lipinski definition) is 1. The molecule has 3 rings (SSSR count). The van der Waals surface area contributed by atoms with Gasteiger partial charge in [0.1, 0.15) is 0 Å². The minimum absolute atomic E-state index is 0.0134. The number of carbonyl (C=O) groups is 2. The van der Waals surface area contributed by atoms with Crippen molar-refractivity contribution in [1.29, 1.82) is 0 Å². The lowest BCUT2D eigenvalue weighted by atomic mass is 10.1. The van der Waals surface area contributed by atoms with Crippen molar-refractivity contribution in [3.63, 3.8) is 0 Å². The smallest absolute Gasteiger partial charge is 0.321 e. The van der Waals surface area contributed by atoms with Crippen LogP contribution in [0, 0.1) is 0 Å². The summed E-state index contributed by atoms with van der Waals surface area (Å²) in [7, 11) is 0. The van der Waals surface area contributed by atoms with Crippen LogP contribution >= 0.6 is 0 Å².